The predicted molar refractivity (Wildman–Crippen MR) is 222 cm³/mol. The van der Waals surface area contributed by atoms with Crippen LogP contribution in [-0.2, 0) is 19.1 Å². The monoisotopic (exact) mass is 790 g/mol. The lowest BCUT2D eigenvalue weighted by molar-refractivity contribution is -0.138. The molecule has 306 valence electrons. The third-order valence-corrected chi connectivity index (χ3v) is 11.8. The van der Waals surface area contributed by atoms with Crippen LogP contribution in [0.4, 0.5) is 9.59 Å². The quantitative estimate of drug-likeness (QED) is 0.112. The van der Waals surface area contributed by atoms with Crippen LogP contribution in [0.5, 0.6) is 0 Å². The minimum Gasteiger partial charge on any atom is -0.453 e. The second kappa shape index (κ2) is 16.5. The first-order chi connectivity index (χ1) is 27.8. The van der Waals surface area contributed by atoms with E-state index >= 15 is 0 Å². The van der Waals surface area contributed by atoms with Gasteiger partial charge >= 0.3 is 12.2 Å². The summed E-state index contributed by atoms with van der Waals surface area (Å²) in [6, 6.07) is 18.8. The van der Waals surface area contributed by atoms with Gasteiger partial charge < -0.3 is 39.9 Å². The molecule has 0 bridgehead atoms. The predicted octanol–water partition coefficient (Wildman–Crippen LogP) is 7.64. The van der Waals surface area contributed by atoms with Crippen LogP contribution in [0.25, 0.3) is 44.3 Å². The minimum atomic E-state index is -0.709. The van der Waals surface area contributed by atoms with Gasteiger partial charge in [-0.1, -0.05) is 64.1 Å². The average molecular weight is 791 g/mol. The summed E-state index contributed by atoms with van der Waals surface area (Å²) < 4.78 is 9.60. The third kappa shape index (κ3) is 7.84. The van der Waals surface area contributed by atoms with Crippen LogP contribution >= 0.6 is 0 Å². The largest absolute Gasteiger partial charge is 0.453 e. The molecular weight excluding hydrogens is 737 g/mol. The number of alkyl carbamates (subject to hydrolysis) is 2. The van der Waals surface area contributed by atoms with E-state index in [-0.39, 0.29) is 47.8 Å². The van der Waals surface area contributed by atoms with Crippen LogP contribution in [0.2, 0.25) is 0 Å². The van der Waals surface area contributed by atoms with E-state index in [2.05, 4.69) is 69.1 Å². The smallest absolute Gasteiger partial charge is 0.407 e. The number of imidazole rings is 2. The second-order valence-electron chi connectivity index (χ2n) is 16.4. The summed E-state index contributed by atoms with van der Waals surface area (Å²) in [4.78, 5) is 72.4. The Labute approximate surface area is 338 Å². The molecule has 0 spiro atoms. The zero-order chi connectivity index (χ0) is 41.4. The third-order valence-electron chi connectivity index (χ3n) is 11.8. The fraction of sp³-hybridized carbons (Fsp3) is 0.455. The number of amides is 4. The lowest BCUT2D eigenvalue weighted by Gasteiger charge is -2.32. The maximum absolute atomic E-state index is 13.8. The molecule has 0 saturated carbocycles. The molecule has 2 saturated heterocycles. The molecule has 58 heavy (non-hydrogen) atoms. The zero-order valence-corrected chi connectivity index (χ0v) is 34.5. The molecule has 14 nitrogen and oxygen atoms in total. The van der Waals surface area contributed by atoms with Crippen molar-refractivity contribution >= 4 is 46.1 Å². The molecular formula is C44H54N8O6. The van der Waals surface area contributed by atoms with Crippen molar-refractivity contribution in [3.63, 3.8) is 0 Å². The van der Waals surface area contributed by atoms with E-state index in [1.807, 2.05) is 63.5 Å². The van der Waals surface area contributed by atoms with Gasteiger partial charge in [0.2, 0.25) is 11.8 Å². The van der Waals surface area contributed by atoms with Crippen molar-refractivity contribution in [3.8, 4) is 22.3 Å². The zero-order valence-electron chi connectivity index (χ0n) is 34.5. The Morgan fingerprint density at radius 3 is 1.31 bits per heavy atom. The summed E-state index contributed by atoms with van der Waals surface area (Å²) in [6.45, 7) is 11.7. The Bertz CT molecular complexity index is 2150. The maximum Gasteiger partial charge on any atom is 0.407 e. The van der Waals surface area contributed by atoms with Gasteiger partial charge in [0.1, 0.15) is 23.7 Å². The van der Waals surface area contributed by atoms with Crippen molar-refractivity contribution in [3.05, 3.63) is 72.3 Å². The number of ether oxygens (including phenoxy) is 2. The Balaban J connectivity index is 1.08. The average Bonchev–Trinajstić information content (AvgIpc) is 4.01. The van der Waals surface area contributed by atoms with Crippen molar-refractivity contribution in [2.24, 2.45) is 11.8 Å². The molecule has 5 aromatic rings. The van der Waals surface area contributed by atoms with Crippen LogP contribution in [0.3, 0.4) is 0 Å². The van der Waals surface area contributed by atoms with Gasteiger partial charge in [0, 0.05) is 12.1 Å². The number of benzene rings is 3. The topological polar surface area (TPSA) is 175 Å². The van der Waals surface area contributed by atoms with Gasteiger partial charge in [0.15, 0.2) is 0 Å². The highest BCUT2D eigenvalue weighted by Gasteiger charge is 2.42. The van der Waals surface area contributed by atoms with Gasteiger partial charge in [0.05, 0.1) is 48.4 Å². The number of nitrogens with zero attached hydrogens (tertiary/aromatic N) is 4. The number of aromatic nitrogens is 4. The van der Waals surface area contributed by atoms with Crippen molar-refractivity contribution < 1.29 is 28.7 Å². The molecule has 0 aliphatic carbocycles. The number of hydrogen-bond donors (Lipinski definition) is 4. The molecule has 3 aromatic carbocycles. The molecule has 2 aliphatic heterocycles. The van der Waals surface area contributed by atoms with E-state index in [1.165, 1.54) is 14.2 Å². The first-order valence-electron chi connectivity index (χ1n) is 20.2. The summed E-state index contributed by atoms with van der Waals surface area (Å²) in [5.74, 6) is 0.938. The maximum atomic E-state index is 13.8. The number of carbonyl (C=O) groups excluding carboxylic acids is 4. The summed E-state index contributed by atoms with van der Waals surface area (Å²) in [7, 11) is 2.59. The van der Waals surface area contributed by atoms with E-state index in [0.29, 0.717) is 0 Å². The Morgan fingerprint density at radius 1 is 0.603 bits per heavy atom. The molecule has 7 rings (SSSR count). The molecule has 4 heterocycles. The van der Waals surface area contributed by atoms with Crippen LogP contribution in [0.15, 0.2) is 60.7 Å². The van der Waals surface area contributed by atoms with Gasteiger partial charge in [-0.15, -0.1) is 0 Å². The molecule has 4 N–H and O–H groups in total. The normalized spacial score (nSPS) is 20.5. The fourth-order valence-corrected chi connectivity index (χ4v) is 8.56. The number of rotatable bonds is 10. The van der Waals surface area contributed by atoms with E-state index in [0.717, 1.165) is 81.7 Å². The minimum absolute atomic E-state index is 0.00508. The lowest BCUT2D eigenvalue weighted by Crippen LogP contribution is -2.52. The molecule has 2 fully saturated rings. The number of methoxy groups -OCH3 is 2. The van der Waals surface area contributed by atoms with E-state index in [9.17, 15) is 19.2 Å². The van der Waals surface area contributed by atoms with Crippen molar-refractivity contribution in [1.82, 2.24) is 40.4 Å². The highest BCUT2D eigenvalue weighted by molar-refractivity contribution is 5.89. The van der Waals surface area contributed by atoms with Crippen molar-refractivity contribution in [1.29, 1.82) is 0 Å². The fourth-order valence-electron chi connectivity index (χ4n) is 8.56. The van der Waals surface area contributed by atoms with Gasteiger partial charge in [-0.05, 0) is 97.9 Å². The van der Waals surface area contributed by atoms with Gasteiger partial charge in [-0.3, -0.25) is 9.59 Å². The number of fused-ring (bicyclic) bond motifs is 2. The number of nitrogens with one attached hydrogen (secondary N) is 4. The van der Waals surface area contributed by atoms with E-state index in [1.54, 1.807) is 0 Å². The highest BCUT2D eigenvalue weighted by atomic mass is 16.5. The summed E-state index contributed by atoms with van der Waals surface area (Å²) in [6.07, 6.45) is 1.94. The van der Waals surface area contributed by atoms with Gasteiger partial charge in [-0.2, -0.15) is 0 Å². The lowest BCUT2D eigenvalue weighted by atomic mass is 10.00. The van der Waals surface area contributed by atoms with Crippen molar-refractivity contribution in [2.75, 3.05) is 14.2 Å². The summed E-state index contributed by atoms with van der Waals surface area (Å²) >= 11 is 0. The van der Waals surface area contributed by atoms with Crippen molar-refractivity contribution in [2.45, 2.75) is 103 Å². The molecule has 6 atom stereocenters. The first-order valence-corrected chi connectivity index (χ1v) is 20.2. The van der Waals surface area contributed by atoms with Gasteiger partial charge in [0.25, 0.3) is 0 Å². The van der Waals surface area contributed by atoms with Crippen LogP contribution in [0, 0.1) is 11.8 Å². The molecule has 0 radical (unpaired) electrons. The van der Waals surface area contributed by atoms with E-state index in [4.69, 9.17) is 19.4 Å². The Hall–Kier alpha value is -5.92. The van der Waals surface area contributed by atoms with Crippen LogP contribution in [0.1, 0.15) is 91.0 Å². The number of H-pyrrole nitrogens is 2. The first kappa shape index (κ1) is 40.3. The second-order valence-corrected chi connectivity index (χ2v) is 16.4. The van der Waals surface area contributed by atoms with Crippen LogP contribution in [-0.4, -0.2) is 92.1 Å². The number of aromatic amines is 2. The number of likely N-dealkylation sites (tertiary alicyclic amines) is 2. The van der Waals surface area contributed by atoms with E-state index < -0.39 is 24.3 Å². The number of carbonyl (C=O) groups is 4. The Morgan fingerprint density at radius 2 is 0.966 bits per heavy atom. The Kier molecular flexibility index (Phi) is 11.5. The van der Waals surface area contributed by atoms with Crippen LogP contribution < -0.4 is 10.6 Å². The summed E-state index contributed by atoms with van der Waals surface area (Å²) in [5, 5.41) is 5.45. The SMILES string of the molecule is COC(=O)N[C@H](C(=O)N1C(C)CC[C@H]1c1nc2ccc(-c3ccc(-c4ccc5nc([C@@H]6CCC(C)N6C(=O)[C@@H](NC(=O)OC)C(C)C)[nH]c5c4)cc3)cc2[nH]1)C(C)C. The molecule has 2 aromatic heterocycles. The number of hydrogen-bond acceptors (Lipinski definition) is 8. The van der Waals surface area contributed by atoms with Gasteiger partial charge in [-0.25, -0.2) is 19.6 Å². The summed E-state index contributed by atoms with van der Waals surface area (Å²) in [5.41, 5.74) is 7.57. The standard InChI is InChI=1S/C44H54N8O6/c1-23(2)37(49-43(55)57-7)41(53)51-25(5)9-19-35(51)39-45-31-17-15-29(21-33(31)47-39)27-11-13-28(14-12-27)30-16-18-32-34(22-30)48-40(46-32)36-20-10-26(6)52(36)42(54)38(24(3)4)50-44(56)58-8/h11-18,21-26,35-38H,9-10,19-20H2,1-8H3,(H,45,47)(H,46,48)(H,49,55)(H,50,56)/t25?,26?,35-,36-,37-,38-/m0/s1. The molecule has 4 amide bonds. The highest BCUT2D eigenvalue weighted by Crippen LogP contribution is 2.39. The molecule has 14 heteroatoms. The molecule has 2 unspecified atom stereocenters. The molecule has 2 aliphatic rings.